The first kappa shape index (κ1) is 56.6. The molecule has 6 aliphatic rings. The van der Waals surface area contributed by atoms with Crippen molar-refractivity contribution in [2.45, 2.75) is 51.1 Å². The van der Waals surface area contributed by atoms with Gasteiger partial charge in [-0.25, -0.2) is 17.6 Å². The van der Waals surface area contributed by atoms with E-state index < -0.39 is 160 Å². The molecule has 14 aromatic rings. The Morgan fingerprint density at radius 1 is 0.267 bits per heavy atom. The Kier molecular flexibility index (Phi) is 14.9. The van der Waals surface area contributed by atoms with Gasteiger partial charge in [0.25, 0.3) is 0 Å². The largest absolute Gasteiger partial charge is 0.307 e. The van der Waals surface area contributed by atoms with Gasteiger partial charge in [0, 0.05) is 68.9 Å². The maximum Gasteiger partial charge on any atom is 0.147 e. The second-order valence-electron chi connectivity index (χ2n) is 32.2. The number of allylic oxidation sites excluding steroid dienone is 10. The van der Waals surface area contributed by atoms with E-state index in [4.69, 9.17) is 27.4 Å². The van der Waals surface area contributed by atoms with Gasteiger partial charge in [-0.2, -0.15) is 0 Å². The summed E-state index contributed by atoms with van der Waals surface area (Å²) in [6.45, 7) is 13.6. The molecule has 0 radical (unpaired) electrons. The fraction of sp³-hybridized carbons (Fsp3) is 0.0909. The summed E-state index contributed by atoms with van der Waals surface area (Å²) in [5, 5.41) is 2.44. The summed E-state index contributed by atoms with van der Waals surface area (Å²) < 4.78 is 235. The molecule has 0 N–H and O–H groups in total. The van der Waals surface area contributed by atoms with Crippen LogP contribution >= 0.6 is 0 Å². The summed E-state index contributed by atoms with van der Waals surface area (Å²) in [5.74, 6) is -3.38. The first-order chi connectivity index (χ1) is 66.7. The van der Waals surface area contributed by atoms with Crippen LogP contribution < -0.4 is 30.0 Å². The Labute approximate surface area is 731 Å². The molecule has 0 heterocycles. The zero-order valence-corrected chi connectivity index (χ0v) is 68.2. The molecule has 120 heavy (non-hydrogen) atoms. The number of nitrogens with zero attached hydrogens (tertiary/aromatic N) is 4. The van der Waals surface area contributed by atoms with E-state index in [9.17, 15) is 0 Å². The third kappa shape index (κ3) is 14.4. The average molecular weight is 1620 g/mol. The van der Waals surface area contributed by atoms with Crippen molar-refractivity contribution < 1.29 is 45.0 Å². The van der Waals surface area contributed by atoms with E-state index in [0.717, 1.165) is 44.5 Å². The number of hydrogen-bond acceptors (Lipinski definition) is 4. The summed E-state index contributed by atoms with van der Waals surface area (Å²) in [5.41, 5.74) is 13.8. The molecular weight excluding hydrogens is 1510 g/mol. The Hall–Kier alpha value is -13.6. The fourth-order valence-electron chi connectivity index (χ4n) is 17.1. The summed E-state index contributed by atoms with van der Waals surface area (Å²) >= 11 is 0. The molecular formula is C110H88F4N4Si2. The number of hydrogen-bond donors (Lipinski definition) is 0. The zero-order valence-electron chi connectivity index (χ0n) is 86.2. The fourth-order valence-corrected chi connectivity index (χ4v) is 19.5. The van der Waals surface area contributed by atoms with E-state index in [-0.39, 0.29) is 90.9 Å². The lowest BCUT2D eigenvalue weighted by Crippen LogP contribution is -2.37. The number of halogens is 4. The minimum Gasteiger partial charge on any atom is -0.307 e. The van der Waals surface area contributed by atoms with Crippen molar-refractivity contribution in [3.63, 3.8) is 0 Å². The van der Waals surface area contributed by atoms with E-state index in [1.54, 1.807) is 48.5 Å². The van der Waals surface area contributed by atoms with Gasteiger partial charge in [0.1, 0.15) is 23.3 Å². The van der Waals surface area contributed by atoms with E-state index in [1.807, 2.05) is 159 Å². The lowest BCUT2D eigenvalue weighted by atomic mass is 9.68. The molecule has 4 atom stereocenters. The molecule has 0 aliphatic heterocycles. The van der Waals surface area contributed by atoms with E-state index in [0.29, 0.717) is 45.5 Å². The minimum atomic E-state index is -1.75. The molecule has 0 amide bonds. The van der Waals surface area contributed by atoms with E-state index in [2.05, 4.69) is 106 Å². The number of benzene rings is 14. The Morgan fingerprint density at radius 2 is 0.550 bits per heavy atom. The molecule has 20 rings (SSSR count). The monoisotopic (exact) mass is 1620 g/mol. The van der Waals surface area contributed by atoms with Crippen LogP contribution in [0.5, 0.6) is 0 Å². The van der Waals surface area contributed by atoms with Crippen molar-refractivity contribution in [1.29, 1.82) is 0 Å². The second-order valence-corrected chi connectivity index (χ2v) is 42.3. The highest BCUT2D eigenvalue weighted by Crippen LogP contribution is 2.57. The number of para-hydroxylation sites is 2. The molecule has 0 fully saturated rings. The second kappa shape index (κ2) is 31.7. The standard InChI is InChI=1S/C58H52F2N2Si2.C52H36F2N2/c1-63(2,3)47-27-23-45(24-28-47)61(55-35-21-43(37-51(55)59)39-13-9-7-10-14-39)53-33-19-41-18-32-50-54(34-20-42-17-31-49(53)57(41)58(42)50)62(46-25-29-48(30-26-46)64(4,5)6)56-36-22-44(38-52(56)60)40-15-11-8-12-16-40;53-45-33-39(35-13-5-1-6-14-35)25-31-49(45)55(41-17-9-3-10-18-41)47-29-23-37-22-28-44-48(30-24-38-21-27-43(47)51(37)52(38)44)56(42-19-11-4-12-20-42)50-32-26-40(34-46(50)54)36-15-7-2-8-16-36/h7-38,41,57H,1-6H3;1-34,37,51H/i7D,8D,9D,10D,11D,12D,13D,14D,15D,16D;1D,2D,5D,6D,7D,8D,13D,14D,15D,16D. The van der Waals surface area contributed by atoms with Crippen molar-refractivity contribution in [2.75, 3.05) is 19.6 Å². The molecule has 6 aliphatic carbocycles. The summed E-state index contributed by atoms with van der Waals surface area (Å²) in [6, 6.07) is 50.8. The van der Waals surface area contributed by atoms with Gasteiger partial charge in [-0.3, -0.25) is 0 Å². The SMILES string of the molecule is [2H]c1c([2H])c([2H])c(-c2ccc(N(C3=C4C=Cc5ccc(N(c6ccc([Si](C)(C)C)cc6)c6ccc(-c7c([2H])c([2H])c([2H])c([2H])c7[2H])cc6F)c6c5C4C(C=C3)C=C6)c3ccc([Si](C)(C)C)cc3)c(F)c2)c([2H])c1[2H].[2H]c1c([2H])c([2H])c(-c2ccc(N(C3=C4C=Cc5ccc(N(c6ccccc6)c6ccc(-c7c([2H])c([2H])c([2H])c([2H])c7[2H])cc6F)c6c5C4C(C=C3)C=C6)c3ccccc3)c(F)c2)c([2H])c1[2H]. The smallest absolute Gasteiger partial charge is 0.147 e. The van der Waals surface area contributed by atoms with Gasteiger partial charge >= 0.3 is 0 Å². The van der Waals surface area contributed by atoms with Crippen LogP contribution in [-0.4, -0.2) is 16.1 Å². The number of anilines is 10. The van der Waals surface area contributed by atoms with Gasteiger partial charge in [-0.05, 0) is 199 Å². The first-order valence-electron chi connectivity index (χ1n) is 49.6. The van der Waals surface area contributed by atoms with Gasteiger partial charge in [-0.15, -0.1) is 0 Å². The first-order valence-corrected chi connectivity index (χ1v) is 46.6. The van der Waals surface area contributed by atoms with Crippen LogP contribution in [0.25, 0.3) is 68.8 Å². The molecule has 4 nitrogen and oxygen atoms in total. The van der Waals surface area contributed by atoms with Crippen molar-refractivity contribution in [1.82, 2.24) is 0 Å². The summed E-state index contributed by atoms with van der Waals surface area (Å²) in [6.07, 6.45) is 24.8. The molecule has 0 saturated heterocycles. The predicted octanol–water partition coefficient (Wildman–Crippen LogP) is 29.5. The van der Waals surface area contributed by atoms with Crippen molar-refractivity contribution >= 4 is 108 Å². The van der Waals surface area contributed by atoms with Crippen LogP contribution in [0.2, 0.25) is 39.3 Å². The third-order valence-corrected chi connectivity index (χ3v) is 27.1. The highest BCUT2D eigenvalue weighted by atomic mass is 28.3. The van der Waals surface area contributed by atoms with Crippen LogP contribution in [-0.2, 0) is 0 Å². The van der Waals surface area contributed by atoms with Crippen molar-refractivity contribution in [3.8, 4) is 44.5 Å². The molecule has 584 valence electrons. The third-order valence-electron chi connectivity index (χ3n) is 22.9. The molecule has 10 heteroatoms. The maximum atomic E-state index is 17.2. The quantitative estimate of drug-likeness (QED) is 0.0627. The Morgan fingerprint density at radius 3 is 0.867 bits per heavy atom. The highest BCUT2D eigenvalue weighted by molar-refractivity contribution is 6.89. The normalized spacial score (nSPS) is 18.5. The van der Waals surface area contributed by atoms with Gasteiger partial charge in [0.05, 0.1) is 77.7 Å². The summed E-state index contributed by atoms with van der Waals surface area (Å²) in [7, 11) is -3.50. The van der Waals surface area contributed by atoms with E-state index >= 15 is 17.6 Å². The zero-order chi connectivity index (χ0) is 99.3. The predicted molar refractivity (Wildman–Crippen MR) is 501 cm³/mol. The Balaban J connectivity index is 0.000000179. The highest BCUT2D eigenvalue weighted by Gasteiger charge is 2.41. The van der Waals surface area contributed by atoms with Gasteiger partial charge in [0.15, 0.2) is 0 Å². The molecule has 0 saturated carbocycles. The maximum absolute atomic E-state index is 17.2. The van der Waals surface area contributed by atoms with Gasteiger partial charge in [-0.1, -0.05) is 328 Å². The van der Waals surface area contributed by atoms with Crippen molar-refractivity contribution in [3.05, 3.63) is 455 Å². The van der Waals surface area contributed by atoms with Gasteiger partial charge < -0.3 is 19.6 Å². The Bertz CT molecular complexity index is 7750. The van der Waals surface area contributed by atoms with Crippen LogP contribution in [0.3, 0.4) is 0 Å². The summed E-state index contributed by atoms with van der Waals surface area (Å²) in [4.78, 5) is 7.39. The number of rotatable bonds is 18. The van der Waals surface area contributed by atoms with Crippen LogP contribution in [0.15, 0.2) is 398 Å². The lowest BCUT2D eigenvalue weighted by Gasteiger charge is -2.41. The van der Waals surface area contributed by atoms with E-state index in [1.165, 1.54) is 34.6 Å². The van der Waals surface area contributed by atoms with Crippen molar-refractivity contribution in [2.24, 2.45) is 11.8 Å². The van der Waals surface area contributed by atoms with Crippen LogP contribution in [0.1, 0.15) is 72.6 Å². The minimum absolute atomic E-state index is 0.0926. The molecule has 0 aromatic heterocycles. The topological polar surface area (TPSA) is 13.0 Å². The molecule has 0 spiro atoms. The molecule has 0 bridgehead atoms. The lowest BCUT2D eigenvalue weighted by molar-refractivity contribution is 0.625. The van der Waals surface area contributed by atoms with Gasteiger partial charge in [0.2, 0.25) is 0 Å². The molecule has 14 aromatic carbocycles. The molecule has 4 unspecified atom stereocenters. The average Bonchev–Trinajstić information content (AvgIpc) is 0.718. The van der Waals surface area contributed by atoms with Crippen LogP contribution in [0, 0.1) is 35.1 Å². The van der Waals surface area contributed by atoms with Crippen LogP contribution in [0.4, 0.5) is 74.4 Å².